The molecule has 34 valence electrons. The van der Waals surface area contributed by atoms with Gasteiger partial charge in [0.15, 0.2) is 0 Å². The number of hydrogen-bond donors (Lipinski definition) is 0. The molecule has 0 saturated carbocycles. The van der Waals surface area contributed by atoms with Crippen molar-refractivity contribution in [2.24, 2.45) is 0 Å². The molecule has 0 aromatic heterocycles. The van der Waals surface area contributed by atoms with Crippen molar-refractivity contribution >= 4 is 19.7 Å². The van der Waals surface area contributed by atoms with E-state index in [4.69, 9.17) is 0 Å². The first-order chi connectivity index (χ1) is 2.89. The van der Waals surface area contributed by atoms with E-state index in [1.165, 1.54) is 12.8 Å². The molecule has 0 amide bonds. The first kappa shape index (κ1) is 4.75. The standard InChI is InChI=1S/C4H8.O.Sn/c1-3-4-2;;/h1-4H2;;. The van der Waals surface area contributed by atoms with Crippen LogP contribution in [0.25, 0.3) is 0 Å². The maximum absolute atomic E-state index is 10.5. The van der Waals surface area contributed by atoms with E-state index in [9.17, 15) is 3.08 Å². The second kappa shape index (κ2) is 2.05. The Hall–Kier alpha value is 0.599. The molecule has 0 N–H and O–H groups in total. The van der Waals surface area contributed by atoms with Gasteiger partial charge in [-0.1, -0.05) is 0 Å². The van der Waals surface area contributed by atoms with Crippen molar-refractivity contribution in [3.05, 3.63) is 0 Å². The van der Waals surface area contributed by atoms with Crippen molar-refractivity contribution in [3.63, 3.8) is 0 Å². The van der Waals surface area contributed by atoms with Gasteiger partial charge in [-0.05, 0) is 0 Å². The molecule has 0 atom stereocenters. The molecule has 6 heavy (non-hydrogen) atoms. The van der Waals surface area contributed by atoms with Crippen LogP contribution in [0.2, 0.25) is 8.87 Å². The van der Waals surface area contributed by atoms with Crippen LogP contribution in [-0.2, 0) is 3.08 Å². The van der Waals surface area contributed by atoms with Gasteiger partial charge in [0.2, 0.25) is 0 Å². The fourth-order valence-electron chi connectivity index (χ4n) is 0.769. The Bertz CT molecular complexity index is 61.9. The Balaban J connectivity index is 2.37. The van der Waals surface area contributed by atoms with Crippen LogP contribution in [0.15, 0.2) is 0 Å². The zero-order valence-corrected chi connectivity index (χ0v) is 6.59. The molecule has 0 aromatic carbocycles. The van der Waals surface area contributed by atoms with Crippen LogP contribution < -0.4 is 0 Å². The van der Waals surface area contributed by atoms with Gasteiger partial charge in [0.05, 0.1) is 0 Å². The number of hydrogen-bond acceptors (Lipinski definition) is 1. The SMILES string of the molecule is [O]=[Sn]1[CH2]CC[CH2]1. The van der Waals surface area contributed by atoms with E-state index < -0.39 is 19.7 Å². The molecule has 0 aliphatic carbocycles. The van der Waals surface area contributed by atoms with E-state index in [0.717, 1.165) is 8.87 Å². The van der Waals surface area contributed by atoms with Crippen molar-refractivity contribution in [3.8, 4) is 0 Å². The van der Waals surface area contributed by atoms with Gasteiger partial charge in [0, 0.05) is 0 Å². The summed E-state index contributed by atoms with van der Waals surface area (Å²) in [4.78, 5) is 0. The van der Waals surface area contributed by atoms with Gasteiger partial charge >= 0.3 is 44.5 Å². The van der Waals surface area contributed by atoms with Crippen LogP contribution in [-0.4, -0.2) is 19.7 Å². The summed E-state index contributed by atoms with van der Waals surface area (Å²) in [7, 11) is 0. The number of rotatable bonds is 0. The van der Waals surface area contributed by atoms with E-state index in [-0.39, 0.29) is 0 Å². The normalized spacial score (nSPS) is 22.3. The molecular formula is C4H8OSn. The Kier molecular flexibility index (Phi) is 1.62. The summed E-state index contributed by atoms with van der Waals surface area (Å²) in [6, 6.07) is 0. The van der Waals surface area contributed by atoms with E-state index >= 15 is 0 Å². The summed E-state index contributed by atoms with van der Waals surface area (Å²) < 4.78 is 12.8. The molecular weight excluding hydrogens is 183 g/mol. The Morgan fingerprint density at radius 2 is 1.67 bits per heavy atom. The van der Waals surface area contributed by atoms with Crippen LogP contribution in [0, 0.1) is 0 Å². The molecule has 1 nitrogen and oxygen atoms in total. The maximum atomic E-state index is 10.5. The topological polar surface area (TPSA) is 17.1 Å². The van der Waals surface area contributed by atoms with Gasteiger partial charge in [-0.25, -0.2) is 0 Å². The second-order valence-electron chi connectivity index (χ2n) is 1.75. The van der Waals surface area contributed by atoms with Crippen LogP contribution >= 0.6 is 0 Å². The van der Waals surface area contributed by atoms with E-state index in [2.05, 4.69) is 0 Å². The van der Waals surface area contributed by atoms with Gasteiger partial charge in [0.25, 0.3) is 0 Å². The molecule has 0 radical (unpaired) electrons. The minimum atomic E-state index is -1.76. The van der Waals surface area contributed by atoms with E-state index in [0.29, 0.717) is 0 Å². The van der Waals surface area contributed by atoms with E-state index in [1.807, 2.05) is 0 Å². The fourth-order valence-corrected chi connectivity index (χ4v) is 5.16. The van der Waals surface area contributed by atoms with Gasteiger partial charge < -0.3 is 0 Å². The first-order valence-electron chi connectivity index (χ1n) is 2.41. The molecule has 2 heteroatoms. The summed E-state index contributed by atoms with van der Waals surface area (Å²) in [5, 5.41) is 0. The van der Waals surface area contributed by atoms with Crippen molar-refractivity contribution in [1.82, 2.24) is 0 Å². The molecule has 0 aromatic rings. The molecule has 0 bridgehead atoms. The van der Waals surface area contributed by atoms with Crippen molar-refractivity contribution in [2.75, 3.05) is 0 Å². The third-order valence-electron chi connectivity index (χ3n) is 1.16. The monoisotopic (exact) mass is 192 g/mol. The summed E-state index contributed by atoms with van der Waals surface area (Å²) in [6.45, 7) is 0. The average Bonchev–Trinajstić information content (AvgIpc) is 1.86. The van der Waals surface area contributed by atoms with Gasteiger partial charge in [0.1, 0.15) is 0 Å². The predicted octanol–water partition coefficient (Wildman–Crippen LogP) is 1.20. The molecule has 0 spiro atoms. The second-order valence-corrected chi connectivity index (χ2v) is 7.67. The first-order valence-corrected chi connectivity index (χ1v) is 7.61. The Morgan fingerprint density at radius 1 is 1.17 bits per heavy atom. The Labute approximate surface area is 44.9 Å². The summed E-state index contributed by atoms with van der Waals surface area (Å²) in [6.07, 6.45) is 2.52. The average molecular weight is 191 g/mol. The molecule has 1 aliphatic heterocycles. The molecule has 1 saturated heterocycles. The molecule has 1 fully saturated rings. The van der Waals surface area contributed by atoms with Gasteiger partial charge in [-0.2, -0.15) is 0 Å². The fraction of sp³-hybridized carbons (Fsp3) is 1.00. The van der Waals surface area contributed by atoms with Crippen LogP contribution in [0.3, 0.4) is 0 Å². The summed E-state index contributed by atoms with van der Waals surface area (Å²) in [5.41, 5.74) is 0. The Morgan fingerprint density at radius 3 is 1.83 bits per heavy atom. The van der Waals surface area contributed by atoms with Crippen molar-refractivity contribution in [1.29, 1.82) is 0 Å². The van der Waals surface area contributed by atoms with Gasteiger partial charge in [-0.15, -0.1) is 0 Å². The van der Waals surface area contributed by atoms with Gasteiger partial charge in [-0.3, -0.25) is 0 Å². The van der Waals surface area contributed by atoms with E-state index in [1.54, 1.807) is 0 Å². The zero-order valence-electron chi connectivity index (χ0n) is 3.74. The predicted molar refractivity (Wildman–Crippen MR) is 25.3 cm³/mol. The quantitative estimate of drug-likeness (QED) is 0.525. The van der Waals surface area contributed by atoms with Crippen molar-refractivity contribution in [2.45, 2.75) is 21.7 Å². The molecule has 1 rings (SSSR count). The third-order valence-corrected chi connectivity index (χ3v) is 6.36. The summed E-state index contributed by atoms with van der Waals surface area (Å²) >= 11 is -1.76. The van der Waals surface area contributed by atoms with Crippen molar-refractivity contribution < 1.29 is 3.08 Å². The third kappa shape index (κ3) is 1.03. The zero-order chi connectivity index (χ0) is 4.41. The minimum absolute atomic E-state index is 1.13. The summed E-state index contributed by atoms with van der Waals surface area (Å²) in [5.74, 6) is 0. The molecule has 1 aliphatic rings. The van der Waals surface area contributed by atoms with Crippen LogP contribution in [0.4, 0.5) is 0 Å². The molecule has 1 heterocycles. The van der Waals surface area contributed by atoms with Crippen LogP contribution in [0.5, 0.6) is 0 Å². The molecule has 0 unspecified atom stereocenters. The van der Waals surface area contributed by atoms with Crippen LogP contribution in [0.1, 0.15) is 12.8 Å².